The minimum atomic E-state index is -3.75. The highest BCUT2D eigenvalue weighted by atomic mass is 32.2. The van der Waals surface area contributed by atoms with Crippen LogP contribution in [0.1, 0.15) is 24.0 Å². The second-order valence-corrected chi connectivity index (χ2v) is 10.3. The summed E-state index contributed by atoms with van der Waals surface area (Å²) in [7, 11) is -3.75. The predicted molar refractivity (Wildman–Crippen MR) is 135 cm³/mol. The number of rotatable bonds is 7. The van der Waals surface area contributed by atoms with Gasteiger partial charge in [-0.05, 0) is 67.3 Å². The van der Waals surface area contributed by atoms with Crippen LogP contribution in [0.15, 0.2) is 83.8 Å². The minimum absolute atomic E-state index is 0.183. The smallest absolute Gasteiger partial charge is 0.323 e. The molecule has 1 heterocycles. The molecule has 1 aliphatic rings. The summed E-state index contributed by atoms with van der Waals surface area (Å²) in [5.74, 6) is -0.336. The predicted octanol–water partition coefficient (Wildman–Crippen LogP) is 4.11. The maximum atomic E-state index is 13.0. The lowest BCUT2D eigenvalue weighted by Crippen LogP contribution is -2.45. The Balaban J connectivity index is 1.36. The first kappa shape index (κ1) is 24.4. The second kappa shape index (κ2) is 10.7. The number of nitrogens with one attached hydrogen (secondary N) is 3. The first-order chi connectivity index (χ1) is 16.8. The van der Waals surface area contributed by atoms with Crippen molar-refractivity contribution in [2.24, 2.45) is 0 Å². The Morgan fingerprint density at radius 3 is 2.31 bits per heavy atom. The zero-order chi connectivity index (χ0) is 24.8. The number of amides is 3. The van der Waals surface area contributed by atoms with Gasteiger partial charge in [-0.15, -0.1) is 0 Å². The van der Waals surface area contributed by atoms with Crippen molar-refractivity contribution in [2.75, 3.05) is 17.2 Å². The number of urea groups is 1. The molecule has 182 valence electrons. The van der Waals surface area contributed by atoms with Gasteiger partial charge in [-0.3, -0.25) is 4.79 Å². The molecule has 3 N–H and O–H groups in total. The van der Waals surface area contributed by atoms with E-state index in [0.717, 1.165) is 11.1 Å². The van der Waals surface area contributed by atoms with Crippen molar-refractivity contribution in [1.29, 1.82) is 0 Å². The largest absolute Gasteiger partial charge is 0.351 e. The fourth-order valence-electron chi connectivity index (χ4n) is 4.10. The molecule has 3 aromatic rings. The van der Waals surface area contributed by atoms with E-state index in [9.17, 15) is 18.0 Å². The van der Waals surface area contributed by atoms with E-state index >= 15 is 0 Å². The molecule has 0 aliphatic carbocycles. The van der Waals surface area contributed by atoms with E-state index < -0.39 is 16.1 Å². The van der Waals surface area contributed by atoms with Crippen LogP contribution in [0.5, 0.6) is 0 Å². The third-order valence-electron chi connectivity index (χ3n) is 5.78. The monoisotopic (exact) mass is 492 g/mol. The maximum Gasteiger partial charge on any atom is 0.323 e. The summed E-state index contributed by atoms with van der Waals surface area (Å²) in [5.41, 5.74) is 3.09. The van der Waals surface area contributed by atoms with E-state index in [-0.39, 0.29) is 23.4 Å². The Bertz CT molecular complexity index is 1310. The lowest BCUT2D eigenvalue weighted by Gasteiger charge is -2.23. The van der Waals surface area contributed by atoms with Gasteiger partial charge in [0, 0.05) is 24.5 Å². The zero-order valence-electron chi connectivity index (χ0n) is 19.4. The van der Waals surface area contributed by atoms with E-state index in [2.05, 4.69) is 16.0 Å². The van der Waals surface area contributed by atoms with Crippen molar-refractivity contribution in [2.45, 2.75) is 37.2 Å². The third-order valence-corrected chi connectivity index (χ3v) is 7.71. The normalized spacial score (nSPS) is 16.0. The Hall–Kier alpha value is -3.69. The lowest BCUT2D eigenvalue weighted by molar-refractivity contribution is -0.124. The van der Waals surface area contributed by atoms with Gasteiger partial charge in [0.2, 0.25) is 15.9 Å². The summed E-state index contributed by atoms with van der Waals surface area (Å²) in [6.45, 7) is 2.47. The van der Waals surface area contributed by atoms with Gasteiger partial charge >= 0.3 is 6.03 Å². The molecule has 4 rings (SSSR count). The van der Waals surface area contributed by atoms with Crippen molar-refractivity contribution in [3.8, 4) is 0 Å². The highest BCUT2D eigenvalue weighted by Crippen LogP contribution is 2.26. The van der Waals surface area contributed by atoms with Gasteiger partial charge in [-0.1, -0.05) is 42.5 Å². The summed E-state index contributed by atoms with van der Waals surface area (Å²) in [4.78, 5) is 25.4. The molecule has 35 heavy (non-hydrogen) atoms. The molecular weight excluding hydrogens is 464 g/mol. The van der Waals surface area contributed by atoms with Crippen LogP contribution in [-0.2, 0) is 21.4 Å². The number of hydrogen-bond donors (Lipinski definition) is 3. The summed E-state index contributed by atoms with van der Waals surface area (Å²) in [6.07, 6.45) is 1.10. The average Bonchev–Trinajstić information content (AvgIpc) is 3.34. The lowest BCUT2D eigenvalue weighted by atomic mass is 10.1. The van der Waals surface area contributed by atoms with Gasteiger partial charge in [-0.25, -0.2) is 13.2 Å². The van der Waals surface area contributed by atoms with Crippen molar-refractivity contribution < 1.29 is 18.0 Å². The Kier molecular flexibility index (Phi) is 7.48. The average molecular weight is 493 g/mol. The topological polar surface area (TPSA) is 108 Å². The highest BCUT2D eigenvalue weighted by molar-refractivity contribution is 7.89. The molecule has 1 unspecified atom stereocenters. The summed E-state index contributed by atoms with van der Waals surface area (Å²) < 4.78 is 27.3. The first-order valence-corrected chi connectivity index (χ1v) is 12.9. The SMILES string of the molecule is Cc1cccc(NC(=O)Nc2cccc(CNC(=O)C3CCCN3S(=O)(=O)c3ccccc3)c2)c1. The molecule has 0 saturated carbocycles. The molecule has 1 aliphatic heterocycles. The van der Waals surface area contributed by atoms with E-state index in [1.54, 1.807) is 36.4 Å². The van der Waals surface area contributed by atoms with Crippen LogP contribution < -0.4 is 16.0 Å². The van der Waals surface area contributed by atoms with Crippen LogP contribution in [0, 0.1) is 6.92 Å². The molecule has 0 bridgehead atoms. The summed E-state index contributed by atoms with van der Waals surface area (Å²) >= 11 is 0. The Morgan fingerprint density at radius 2 is 1.60 bits per heavy atom. The molecule has 0 aromatic heterocycles. The van der Waals surface area contributed by atoms with E-state index in [4.69, 9.17) is 0 Å². The number of nitrogens with zero attached hydrogens (tertiary/aromatic N) is 1. The molecule has 9 heteroatoms. The molecule has 1 saturated heterocycles. The van der Waals surface area contributed by atoms with Crippen LogP contribution >= 0.6 is 0 Å². The molecule has 8 nitrogen and oxygen atoms in total. The molecule has 3 amide bonds. The third kappa shape index (κ3) is 6.06. The fourth-order valence-corrected chi connectivity index (χ4v) is 5.78. The van der Waals surface area contributed by atoms with E-state index in [0.29, 0.717) is 30.8 Å². The van der Waals surface area contributed by atoms with Crippen LogP contribution in [0.3, 0.4) is 0 Å². The summed E-state index contributed by atoms with van der Waals surface area (Å²) in [5, 5.41) is 8.42. The Labute approximate surface area is 205 Å². The van der Waals surface area contributed by atoms with Crippen molar-refractivity contribution in [3.05, 3.63) is 90.0 Å². The molecular formula is C26H28N4O4S. The van der Waals surface area contributed by atoms with Crippen LogP contribution in [-0.4, -0.2) is 37.2 Å². The van der Waals surface area contributed by atoms with Crippen molar-refractivity contribution >= 4 is 33.3 Å². The first-order valence-electron chi connectivity index (χ1n) is 11.4. The van der Waals surface area contributed by atoms with Gasteiger partial charge in [0.1, 0.15) is 6.04 Å². The Morgan fingerprint density at radius 1 is 0.914 bits per heavy atom. The molecule has 1 fully saturated rings. The quantitative estimate of drug-likeness (QED) is 0.461. The maximum absolute atomic E-state index is 13.0. The number of carbonyl (C=O) groups excluding carboxylic acids is 2. The van der Waals surface area contributed by atoms with Crippen LogP contribution in [0.25, 0.3) is 0 Å². The van der Waals surface area contributed by atoms with Gasteiger partial charge in [0.25, 0.3) is 0 Å². The van der Waals surface area contributed by atoms with Crippen LogP contribution in [0.2, 0.25) is 0 Å². The zero-order valence-corrected chi connectivity index (χ0v) is 20.2. The standard InChI is InChI=1S/C26H28N4O4S/c1-19-8-5-10-21(16-19)28-26(32)29-22-11-6-9-20(17-22)18-27-25(31)24-14-7-15-30(24)35(33,34)23-12-3-2-4-13-23/h2-6,8-13,16-17,24H,7,14-15,18H2,1H3,(H,27,31)(H2,28,29,32). The van der Waals surface area contributed by atoms with Crippen LogP contribution in [0.4, 0.5) is 16.2 Å². The van der Waals surface area contributed by atoms with Gasteiger partial charge < -0.3 is 16.0 Å². The number of sulfonamides is 1. The molecule has 0 spiro atoms. The number of hydrogen-bond acceptors (Lipinski definition) is 4. The highest BCUT2D eigenvalue weighted by Gasteiger charge is 2.39. The summed E-state index contributed by atoms with van der Waals surface area (Å²) in [6, 6.07) is 21.7. The van der Waals surface area contributed by atoms with E-state index in [1.807, 2.05) is 37.3 Å². The molecule has 0 radical (unpaired) electrons. The number of benzene rings is 3. The van der Waals surface area contributed by atoms with Crippen molar-refractivity contribution in [1.82, 2.24) is 9.62 Å². The molecule has 1 atom stereocenters. The van der Waals surface area contributed by atoms with Gasteiger partial charge in [0.15, 0.2) is 0 Å². The fraction of sp³-hybridized carbons (Fsp3) is 0.231. The number of aryl methyl sites for hydroxylation is 1. The molecule has 3 aromatic carbocycles. The van der Waals surface area contributed by atoms with Crippen molar-refractivity contribution in [3.63, 3.8) is 0 Å². The van der Waals surface area contributed by atoms with Gasteiger partial charge in [-0.2, -0.15) is 4.31 Å². The number of carbonyl (C=O) groups is 2. The number of anilines is 2. The van der Waals surface area contributed by atoms with Gasteiger partial charge in [0.05, 0.1) is 4.90 Å². The minimum Gasteiger partial charge on any atom is -0.351 e. The second-order valence-electron chi connectivity index (χ2n) is 8.45. The van der Waals surface area contributed by atoms with E-state index in [1.165, 1.54) is 16.4 Å².